The minimum absolute atomic E-state index is 0.166. The highest BCUT2D eigenvalue weighted by Crippen LogP contribution is 2.22. The molecule has 0 aliphatic carbocycles. The van der Waals surface area contributed by atoms with Crippen LogP contribution in [0.5, 0.6) is 11.8 Å². The normalized spacial score (nSPS) is 15.2. The first-order chi connectivity index (χ1) is 19.5. The summed E-state index contributed by atoms with van der Waals surface area (Å²) in [5.74, 6) is 0.928. The van der Waals surface area contributed by atoms with Crippen LogP contribution in [0, 0.1) is 11.3 Å². The molecule has 0 saturated carbocycles. The molecule has 14 heteroatoms. The summed E-state index contributed by atoms with van der Waals surface area (Å²) in [5.41, 5.74) is 6.40. The van der Waals surface area contributed by atoms with E-state index in [0.29, 0.717) is 32.1 Å². The van der Waals surface area contributed by atoms with Crippen molar-refractivity contribution in [3.05, 3.63) is 48.0 Å². The summed E-state index contributed by atoms with van der Waals surface area (Å²) in [6.07, 6.45) is -0.342. The van der Waals surface area contributed by atoms with Crippen molar-refractivity contribution in [2.45, 2.75) is 33.0 Å². The number of dihydropyridines is 1. The van der Waals surface area contributed by atoms with E-state index in [-0.39, 0.29) is 29.5 Å². The van der Waals surface area contributed by atoms with Gasteiger partial charge < -0.3 is 31.2 Å². The lowest BCUT2D eigenvalue weighted by atomic mass is 9.93. The molecule has 1 unspecified atom stereocenters. The van der Waals surface area contributed by atoms with Gasteiger partial charge in [0, 0.05) is 24.5 Å². The molecule has 224 valence electrons. The van der Waals surface area contributed by atoms with Crippen LogP contribution >= 0.6 is 15.9 Å². The van der Waals surface area contributed by atoms with Crippen molar-refractivity contribution in [3.8, 4) is 11.8 Å². The number of hydrogen-bond donors (Lipinski definition) is 4. The summed E-state index contributed by atoms with van der Waals surface area (Å²) in [6, 6.07) is 8.52. The average Bonchev–Trinajstić information content (AvgIpc) is 2.94. The maximum atomic E-state index is 12.8. The number of amidine groups is 1. The molecule has 1 aliphatic rings. The molecule has 1 aromatic heterocycles. The molecule has 2 heterocycles. The summed E-state index contributed by atoms with van der Waals surface area (Å²) >= 11 is 3.36. The lowest BCUT2D eigenvalue weighted by Crippen LogP contribution is -2.41. The van der Waals surface area contributed by atoms with Crippen LogP contribution in [0.15, 0.2) is 47.5 Å². The Balaban J connectivity index is 1.64. The lowest BCUT2D eigenvalue weighted by Gasteiger charge is -2.24. The Morgan fingerprint density at radius 3 is 2.51 bits per heavy atom. The average molecular weight is 643 g/mol. The van der Waals surface area contributed by atoms with Crippen LogP contribution in [0.3, 0.4) is 0 Å². The van der Waals surface area contributed by atoms with Gasteiger partial charge in [-0.3, -0.25) is 9.79 Å². The zero-order valence-electron chi connectivity index (χ0n) is 22.9. The van der Waals surface area contributed by atoms with Crippen molar-refractivity contribution < 1.29 is 27.4 Å². The zero-order valence-corrected chi connectivity index (χ0v) is 24.5. The number of nitrogens with two attached hydrogens (primary N) is 1. The fourth-order valence-electron chi connectivity index (χ4n) is 3.36. The third-order valence-corrected chi connectivity index (χ3v) is 6.41. The van der Waals surface area contributed by atoms with Crippen molar-refractivity contribution in [3.63, 3.8) is 0 Å². The van der Waals surface area contributed by atoms with E-state index in [2.05, 4.69) is 46.8 Å². The number of hydrogen-bond acceptors (Lipinski definition) is 9. The van der Waals surface area contributed by atoms with Gasteiger partial charge in [0.15, 0.2) is 6.61 Å². The van der Waals surface area contributed by atoms with Crippen molar-refractivity contribution in [2.75, 3.05) is 48.8 Å². The van der Waals surface area contributed by atoms with Crippen molar-refractivity contribution in [2.24, 2.45) is 22.1 Å². The number of aliphatic imine (C=N–C) groups is 1. The molecule has 1 aliphatic heterocycles. The highest BCUT2D eigenvalue weighted by Gasteiger charge is 2.29. The Hall–Kier alpha value is -3.39. The van der Waals surface area contributed by atoms with E-state index in [0.717, 1.165) is 23.1 Å². The summed E-state index contributed by atoms with van der Waals surface area (Å²) in [6.45, 7) is 4.39. The smallest absolute Gasteiger partial charge is 0.422 e. The molecule has 1 atom stereocenters. The fraction of sp³-hybridized carbons (Fsp3) is 0.481. The number of nitrogens with zero attached hydrogens (tertiary/aromatic N) is 3. The first-order valence-electron chi connectivity index (χ1n) is 13.0. The second kappa shape index (κ2) is 15.0. The first-order valence-corrected chi connectivity index (χ1v) is 14.2. The van der Waals surface area contributed by atoms with Crippen LogP contribution in [0.4, 0.5) is 24.8 Å². The summed E-state index contributed by atoms with van der Waals surface area (Å²) < 4.78 is 48.7. The number of nitrogens with one attached hydrogen (secondary N) is 3. The number of aromatic nitrogens is 2. The number of amides is 1. The Morgan fingerprint density at radius 1 is 1.15 bits per heavy atom. The molecule has 2 aromatic rings. The van der Waals surface area contributed by atoms with Gasteiger partial charge in [-0.1, -0.05) is 48.0 Å². The Morgan fingerprint density at radius 2 is 1.88 bits per heavy atom. The van der Waals surface area contributed by atoms with Crippen LogP contribution < -0.4 is 31.2 Å². The molecular weight excluding hydrogens is 607 g/mol. The van der Waals surface area contributed by atoms with Crippen LogP contribution in [0.1, 0.15) is 25.8 Å². The molecule has 1 amide bonds. The van der Waals surface area contributed by atoms with E-state index in [9.17, 15) is 18.0 Å². The molecule has 0 spiro atoms. The van der Waals surface area contributed by atoms with E-state index >= 15 is 0 Å². The maximum absolute atomic E-state index is 12.8. The Labute approximate surface area is 245 Å². The minimum Gasteiger partial charge on any atom is -0.494 e. The third kappa shape index (κ3) is 11.6. The zero-order chi connectivity index (χ0) is 29.9. The Bertz CT molecular complexity index is 1210. The van der Waals surface area contributed by atoms with Gasteiger partial charge in [-0.05, 0) is 42.2 Å². The molecule has 0 fully saturated rings. The predicted octanol–water partition coefficient (Wildman–Crippen LogP) is 4.29. The summed E-state index contributed by atoms with van der Waals surface area (Å²) in [5, 5.41) is 9.78. The molecule has 0 saturated heterocycles. The number of anilines is 2. The maximum Gasteiger partial charge on any atom is 0.422 e. The van der Waals surface area contributed by atoms with Crippen LogP contribution in [0.25, 0.3) is 0 Å². The Kier molecular flexibility index (Phi) is 11.8. The van der Waals surface area contributed by atoms with E-state index in [1.165, 1.54) is 6.07 Å². The molecule has 5 N–H and O–H groups in total. The van der Waals surface area contributed by atoms with E-state index in [1.54, 1.807) is 12.2 Å². The summed E-state index contributed by atoms with van der Waals surface area (Å²) in [7, 11) is 0. The first kappa shape index (κ1) is 32.1. The van der Waals surface area contributed by atoms with E-state index < -0.39 is 24.7 Å². The number of carbonyl (C=O) groups excluding carboxylic acids is 1. The fourth-order valence-corrected chi connectivity index (χ4v) is 3.59. The van der Waals surface area contributed by atoms with Crippen molar-refractivity contribution in [1.29, 1.82) is 0 Å². The van der Waals surface area contributed by atoms with Crippen LogP contribution in [0.2, 0.25) is 0 Å². The van der Waals surface area contributed by atoms with Gasteiger partial charge in [0.1, 0.15) is 23.2 Å². The highest BCUT2D eigenvalue weighted by molar-refractivity contribution is 9.09. The number of ether oxygens (including phenoxy) is 2. The van der Waals surface area contributed by atoms with Gasteiger partial charge >= 0.3 is 12.2 Å². The third-order valence-electron chi connectivity index (χ3n) is 5.85. The predicted molar refractivity (Wildman–Crippen MR) is 156 cm³/mol. The largest absolute Gasteiger partial charge is 0.494 e. The second-order valence-electron chi connectivity index (χ2n) is 10.1. The van der Waals surface area contributed by atoms with Gasteiger partial charge in [-0.15, -0.1) is 0 Å². The highest BCUT2D eigenvalue weighted by atomic mass is 79.9. The molecule has 0 radical (unpaired) electrons. The van der Waals surface area contributed by atoms with Gasteiger partial charge in [-0.25, -0.2) is 0 Å². The van der Waals surface area contributed by atoms with Gasteiger partial charge in [0.05, 0.1) is 19.1 Å². The molecule has 10 nitrogen and oxygen atoms in total. The molecule has 41 heavy (non-hydrogen) atoms. The van der Waals surface area contributed by atoms with E-state index in [4.69, 9.17) is 15.2 Å². The molecule has 0 bridgehead atoms. The monoisotopic (exact) mass is 641 g/mol. The van der Waals surface area contributed by atoms with Crippen LogP contribution in [-0.4, -0.2) is 66.1 Å². The lowest BCUT2D eigenvalue weighted by molar-refractivity contribution is -0.154. The molecule has 1 aromatic carbocycles. The van der Waals surface area contributed by atoms with Gasteiger partial charge in [-0.2, -0.15) is 23.1 Å². The van der Waals surface area contributed by atoms with Gasteiger partial charge in [0.25, 0.3) is 0 Å². The van der Waals surface area contributed by atoms with Crippen molar-refractivity contribution >= 4 is 39.3 Å². The standard InChI is InChI=1S/C27H35BrF3N7O3/c1-26(2,15-32)16-35-24(39)19-6-9-21(34-14-19)36-23-12-22(37-25(38-23)41-17-27(29,30)31)33-13-18-4-7-20(8-5-18)40-11-3-10-28/h4-9,12,19H,3,10-11,13-17,32H2,1-2H3,(H,35,39)(H2,33,34,36,37,38). The number of halogens is 4. The second-order valence-corrected chi connectivity index (χ2v) is 10.9. The SMILES string of the molecule is CC(C)(CN)CNC(=O)C1C=CC(Nc2cc(NCc3ccc(OCCCBr)cc3)nc(OCC(F)(F)F)n2)=NC1. The molecule has 3 rings (SSSR count). The summed E-state index contributed by atoms with van der Waals surface area (Å²) in [4.78, 5) is 25.0. The topological polar surface area (TPSA) is 136 Å². The van der Waals surface area contributed by atoms with Crippen LogP contribution in [-0.2, 0) is 11.3 Å². The number of carbonyl (C=O) groups is 1. The number of benzene rings is 1. The van der Waals surface area contributed by atoms with Crippen molar-refractivity contribution in [1.82, 2.24) is 15.3 Å². The number of alkyl halides is 4. The molecular formula is C27H35BrF3N7O3. The minimum atomic E-state index is -4.55. The quantitative estimate of drug-likeness (QED) is 0.177. The van der Waals surface area contributed by atoms with E-state index in [1.807, 2.05) is 38.1 Å². The number of rotatable bonds is 14. The van der Waals surface area contributed by atoms with Gasteiger partial charge in [0.2, 0.25) is 5.91 Å².